The maximum atomic E-state index is 13.0. The summed E-state index contributed by atoms with van der Waals surface area (Å²) in [5, 5.41) is 4.54. The largest absolute Gasteiger partial charge is 0.272 e. The fraction of sp³-hybridized carbons (Fsp3) is 0.421. The second kappa shape index (κ2) is 6.97. The van der Waals surface area contributed by atoms with Gasteiger partial charge < -0.3 is 0 Å². The van der Waals surface area contributed by atoms with Gasteiger partial charge in [0.2, 0.25) is 0 Å². The molecule has 0 spiro atoms. The molecular formula is C19H25N5O2S2. The third-order valence-electron chi connectivity index (χ3n) is 4.04. The lowest BCUT2D eigenvalue weighted by molar-refractivity contribution is 0.558. The molecule has 0 atom stereocenters. The molecule has 1 N–H and O–H groups in total. The van der Waals surface area contributed by atoms with Crippen molar-refractivity contribution in [3.63, 3.8) is 0 Å². The zero-order valence-corrected chi connectivity index (χ0v) is 18.5. The molecule has 0 aromatic carbocycles. The highest BCUT2D eigenvalue weighted by molar-refractivity contribution is 7.94. The molecule has 3 heterocycles. The fourth-order valence-electron chi connectivity index (χ4n) is 2.43. The predicted molar refractivity (Wildman–Crippen MR) is 112 cm³/mol. The van der Waals surface area contributed by atoms with E-state index < -0.39 is 10.0 Å². The molecule has 3 aromatic heterocycles. The smallest absolute Gasteiger partial charge is 0.262 e. The number of nitrogens with one attached hydrogen (secondary N) is 1. The lowest BCUT2D eigenvalue weighted by Gasteiger charge is -2.15. The summed E-state index contributed by atoms with van der Waals surface area (Å²) >= 11 is 1.27. The van der Waals surface area contributed by atoms with Crippen molar-refractivity contribution >= 4 is 27.2 Å². The molecule has 0 aliphatic carbocycles. The highest BCUT2D eigenvalue weighted by Gasteiger charge is 2.26. The Morgan fingerprint density at radius 1 is 1.00 bits per heavy atom. The van der Waals surface area contributed by atoms with E-state index in [4.69, 9.17) is 0 Å². The van der Waals surface area contributed by atoms with Crippen LogP contribution in [0, 0.1) is 0 Å². The van der Waals surface area contributed by atoms with Crippen molar-refractivity contribution in [3.8, 4) is 5.95 Å². The first-order valence-electron chi connectivity index (χ1n) is 8.89. The van der Waals surface area contributed by atoms with Crippen LogP contribution < -0.4 is 4.72 Å². The number of thiophene rings is 1. The van der Waals surface area contributed by atoms with Gasteiger partial charge in [-0.15, -0.1) is 11.3 Å². The molecule has 3 rings (SSSR count). The lowest BCUT2D eigenvalue weighted by atomic mass is 9.92. The van der Waals surface area contributed by atoms with Gasteiger partial charge in [0, 0.05) is 28.8 Å². The van der Waals surface area contributed by atoms with E-state index in [1.807, 2.05) is 26.8 Å². The third-order valence-corrected chi connectivity index (χ3v) is 7.40. The van der Waals surface area contributed by atoms with Gasteiger partial charge in [-0.2, -0.15) is 9.78 Å². The summed E-state index contributed by atoms with van der Waals surface area (Å²) in [5.74, 6) is 0.610. The van der Waals surface area contributed by atoms with Gasteiger partial charge in [-0.05, 0) is 23.6 Å². The Hall–Kier alpha value is -2.26. The van der Waals surface area contributed by atoms with Crippen LogP contribution >= 0.6 is 11.3 Å². The number of nitrogens with zero attached hydrogens (tertiary/aromatic N) is 4. The quantitative estimate of drug-likeness (QED) is 0.687. The first-order chi connectivity index (χ1) is 12.9. The summed E-state index contributed by atoms with van der Waals surface area (Å²) in [5.41, 5.74) is 0.360. The highest BCUT2D eigenvalue weighted by atomic mass is 32.2. The molecule has 28 heavy (non-hydrogen) atoms. The number of aromatic nitrogens is 4. The molecule has 0 aliphatic rings. The fourth-order valence-corrected chi connectivity index (χ4v) is 4.83. The number of anilines is 1. The van der Waals surface area contributed by atoms with E-state index in [1.165, 1.54) is 16.0 Å². The second-order valence-electron chi connectivity index (χ2n) is 8.60. The summed E-state index contributed by atoms with van der Waals surface area (Å²) in [4.78, 5) is 9.41. The highest BCUT2D eigenvalue weighted by Crippen LogP contribution is 2.33. The molecule has 0 aliphatic heterocycles. The third kappa shape index (κ3) is 4.25. The predicted octanol–water partition coefficient (Wildman–Crippen LogP) is 4.12. The Morgan fingerprint density at radius 3 is 2.18 bits per heavy atom. The Morgan fingerprint density at radius 2 is 1.64 bits per heavy atom. The summed E-state index contributed by atoms with van der Waals surface area (Å²) in [6, 6.07) is 6.92. The number of hydrogen-bond donors (Lipinski definition) is 1. The Balaban J connectivity index is 2.03. The van der Waals surface area contributed by atoms with E-state index in [0.29, 0.717) is 11.8 Å². The molecule has 0 saturated heterocycles. The minimum atomic E-state index is -3.76. The molecule has 0 amide bonds. The van der Waals surface area contributed by atoms with Crippen LogP contribution in [-0.2, 0) is 20.9 Å². The average molecular weight is 420 g/mol. The van der Waals surface area contributed by atoms with Crippen LogP contribution in [0.15, 0.2) is 40.9 Å². The first-order valence-corrected chi connectivity index (χ1v) is 11.2. The van der Waals surface area contributed by atoms with Gasteiger partial charge in [-0.25, -0.2) is 18.4 Å². The summed E-state index contributed by atoms with van der Waals surface area (Å²) in [6.07, 6.45) is 3.18. The van der Waals surface area contributed by atoms with E-state index >= 15 is 0 Å². The van der Waals surface area contributed by atoms with E-state index in [0.717, 1.165) is 10.6 Å². The van der Waals surface area contributed by atoms with Crippen molar-refractivity contribution < 1.29 is 8.42 Å². The van der Waals surface area contributed by atoms with Gasteiger partial charge >= 0.3 is 0 Å². The standard InChI is InChI=1S/C19H25N5O2S2/c1-18(2,3)13-12-15(24(22-13)17-20-10-7-11-21-17)23-28(25,26)16-9-8-14(27-16)19(4,5)6/h7-12,23H,1-6H3. The zero-order valence-electron chi connectivity index (χ0n) is 16.9. The Kier molecular flexibility index (Phi) is 5.09. The van der Waals surface area contributed by atoms with Gasteiger partial charge in [0.15, 0.2) is 0 Å². The summed E-state index contributed by atoms with van der Waals surface area (Å²) in [7, 11) is -3.76. The maximum Gasteiger partial charge on any atom is 0.272 e. The van der Waals surface area contributed by atoms with Gasteiger partial charge in [0.1, 0.15) is 10.0 Å². The molecule has 9 heteroatoms. The minimum absolute atomic E-state index is 0.114. The topological polar surface area (TPSA) is 89.8 Å². The monoisotopic (exact) mass is 419 g/mol. The van der Waals surface area contributed by atoms with Crippen molar-refractivity contribution in [1.29, 1.82) is 0 Å². The van der Waals surface area contributed by atoms with Crippen LogP contribution in [0.2, 0.25) is 0 Å². The van der Waals surface area contributed by atoms with Crippen LogP contribution in [0.1, 0.15) is 52.1 Å². The van der Waals surface area contributed by atoms with Crippen LogP contribution in [-0.4, -0.2) is 28.2 Å². The normalized spacial score (nSPS) is 12.9. The minimum Gasteiger partial charge on any atom is -0.262 e. The number of rotatable bonds is 4. The van der Waals surface area contributed by atoms with Gasteiger partial charge in [-0.3, -0.25) is 4.72 Å². The Labute approximate surface area is 169 Å². The van der Waals surface area contributed by atoms with Crippen molar-refractivity contribution in [2.45, 2.75) is 56.6 Å². The van der Waals surface area contributed by atoms with Crippen LogP contribution in [0.5, 0.6) is 0 Å². The van der Waals surface area contributed by atoms with Crippen LogP contribution in [0.25, 0.3) is 5.95 Å². The van der Waals surface area contributed by atoms with Gasteiger partial charge in [-0.1, -0.05) is 41.5 Å². The van der Waals surface area contributed by atoms with Crippen LogP contribution in [0.3, 0.4) is 0 Å². The van der Waals surface area contributed by atoms with Crippen molar-refractivity contribution in [2.24, 2.45) is 0 Å². The molecule has 0 unspecified atom stereocenters. The molecule has 0 fully saturated rings. The van der Waals surface area contributed by atoms with E-state index in [-0.39, 0.29) is 15.0 Å². The SMILES string of the molecule is CC(C)(C)c1cc(NS(=O)(=O)c2ccc(C(C)(C)C)s2)n(-c2ncccn2)n1. The van der Waals surface area contributed by atoms with E-state index in [1.54, 1.807) is 30.6 Å². The van der Waals surface area contributed by atoms with Gasteiger partial charge in [0.25, 0.3) is 16.0 Å². The van der Waals surface area contributed by atoms with Gasteiger partial charge in [0.05, 0.1) is 5.69 Å². The molecule has 0 radical (unpaired) electrons. The average Bonchev–Trinajstić information content (AvgIpc) is 3.22. The molecule has 0 saturated carbocycles. The molecule has 150 valence electrons. The summed E-state index contributed by atoms with van der Waals surface area (Å²) in [6.45, 7) is 12.2. The lowest BCUT2D eigenvalue weighted by Crippen LogP contribution is -2.16. The number of sulfonamides is 1. The van der Waals surface area contributed by atoms with Crippen molar-refractivity contribution in [3.05, 3.63) is 47.2 Å². The van der Waals surface area contributed by atoms with Crippen molar-refractivity contribution in [2.75, 3.05) is 4.72 Å². The molecule has 3 aromatic rings. The maximum absolute atomic E-state index is 13.0. The van der Waals surface area contributed by atoms with Crippen molar-refractivity contribution in [1.82, 2.24) is 19.7 Å². The Bertz CT molecular complexity index is 1070. The molecule has 0 bridgehead atoms. The zero-order chi connectivity index (χ0) is 20.7. The van der Waals surface area contributed by atoms with Crippen LogP contribution in [0.4, 0.5) is 5.82 Å². The first kappa shape index (κ1) is 20.5. The van der Waals surface area contributed by atoms with E-state index in [9.17, 15) is 8.42 Å². The van der Waals surface area contributed by atoms with E-state index in [2.05, 4.69) is 40.6 Å². The summed E-state index contributed by atoms with van der Waals surface area (Å²) < 4.78 is 30.4. The molecular weight excluding hydrogens is 394 g/mol. The second-order valence-corrected chi connectivity index (χ2v) is 11.6. The molecule has 7 nitrogen and oxygen atoms in total. The number of hydrogen-bond acceptors (Lipinski definition) is 6.